The van der Waals surface area contributed by atoms with Crippen LogP contribution < -0.4 is 10.6 Å². The van der Waals surface area contributed by atoms with Crippen molar-refractivity contribution in [2.75, 3.05) is 0 Å². The Morgan fingerprint density at radius 2 is 1.03 bits per heavy atom. The number of benzene rings is 4. The number of allylic oxidation sites excluding steroid dienone is 2. The normalized spacial score (nSPS) is 18.5. The van der Waals surface area contributed by atoms with Gasteiger partial charge in [0.25, 0.3) is 0 Å². The van der Waals surface area contributed by atoms with Gasteiger partial charge >= 0.3 is 210 Å². The van der Waals surface area contributed by atoms with Gasteiger partial charge < -0.3 is 0 Å². The maximum absolute atomic E-state index is 2.55. The van der Waals surface area contributed by atoms with E-state index in [2.05, 4.69) is 128 Å². The zero-order valence-corrected chi connectivity index (χ0v) is 23.1. The van der Waals surface area contributed by atoms with E-state index in [0.717, 1.165) is 0 Å². The average molecular weight is 607 g/mol. The number of hydrogen-bond donors (Lipinski definition) is 0. The Kier molecular flexibility index (Phi) is 5.87. The summed E-state index contributed by atoms with van der Waals surface area (Å²) in [5, 5.41) is 4.60. The van der Waals surface area contributed by atoms with Crippen molar-refractivity contribution in [1.29, 1.82) is 0 Å². The van der Waals surface area contributed by atoms with Crippen LogP contribution in [0.2, 0.25) is 0 Å². The van der Waals surface area contributed by atoms with Gasteiger partial charge in [-0.05, 0) is 0 Å². The van der Waals surface area contributed by atoms with Crippen LogP contribution >= 0.6 is 7.92 Å². The molecular formula is C31H25HfP. The van der Waals surface area contributed by atoms with Crippen LogP contribution in [0.4, 0.5) is 0 Å². The Morgan fingerprint density at radius 1 is 0.545 bits per heavy atom. The Bertz CT molecular complexity index is 1310. The summed E-state index contributed by atoms with van der Waals surface area (Å²) in [6.07, 6.45) is 4.99. The van der Waals surface area contributed by atoms with Crippen LogP contribution in [0.5, 0.6) is 0 Å². The van der Waals surface area contributed by atoms with Crippen molar-refractivity contribution in [3.8, 4) is 0 Å². The van der Waals surface area contributed by atoms with E-state index in [-0.39, 0.29) is 0 Å². The number of rotatable bonds is 5. The van der Waals surface area contributed by atoms with Crippen LogP contribution in [-0.4, -0.2) is 0 Å². The molecule has 0 saturated heterocycles. The molecular weight excluding hydrogens is 582 g/mol. The van der Waals surface area contributed by atoms with Crippen LogP contribution in [0.15, 0.2) is 120 Å². The van der Waals surface area contributed by atoms with Crippen molar-refractivity contribution >= 4 is 30.7 Å². The second-order valence-corrected chi connectivity index (χ2v) is 16.3. The molecule has 0 saturated carbocycles. The molecule has 158 valence electrons. The molecule has 2 unspecified atom stereocenters. The second-order valence-electron chi connectivity index (χ2n) is 8.75. The van der Waals surface area contributed by atoms with Gasteiger partial charge in [0.15, 0.2) is 0 Å². The number of fused-ring (bicyclic) bond motifs is 2. The van der Waals surface area contributed by atoms with E-state index < -0.39 is 30.8 Å². The molecule has 0 aromatic heterocycles. The van der Waals surface area contributed by atoms with Crippen molar-refractivity contribution in [3.63, 3.8) is 0 Å². The summed E-state index contributed by atoms with van der Waals surface area (Å²) in [4.78, 5) is 0. The van der Waals surface area contributed by atoms with E-state index in [0.29, 0.717) is 7.35 Å². The van der Waals surface area contributed by atoms with E-state index >= 15 is 0 Å². The van der Waals surface area contributed by atoms with E-state index in [9.17, 15) is 0 Å². The molecule has 4 aromatic carbocycles. The first-order valence-corrected chi connectivity index (χ1v) is 17.0. The SMILES string of the molecule is CC1=Cc2ccccc2[CH]1[Hf][CH]1C(P(c2ccccc2)c2ccccc2)=Cc2ccccc21. The summed E-state index contributed by atoms with van der Waals surface area (Å²) >= 11 is -1.18. The van der Waals surface area contributed by atoms with Crippen LogP contribution in [0.1, 0.15) is 36.5 Å². The monoisotopic (exact) mass is 608 g/mol. The van der Waals surface area contributed by atoms with Crippen molar-refractivity contribution in [2.45, 2.75) is 14.3 Å². The van der Waals surface area contributed by atoms with Gasteiger partial charge in [-0.3, -0.25) is 0 Å². The molecule has 0 radical (unpaired) electrons. The average Bonchev–Trinajstić information content (AvgIpc) is 3.38. The summed E-state index contributed by atoms with van der Waals surface area (Å²) < 4.78 is 1.29. The molecule has 0 nitrogen and oxygen atoms in total. The third kappa shape index (κ3) is 3.96. The molecule has 2 atom stereocenters. The quantitative estimate of drug-likeness (QED) is 0.163. The molecule has 0 amide bonds. The fraction of sp³-hybridized carbons (Fsp3) is 0.0968. The van der Waals surface area contributed by atoms with Gasteiger partial charge in [-0.2, -0.15) is 0 Å². The molecule has 0 heterocycles. The molecule has 2 aliphatic rings. The first kappa shape index (κ1) is 21.2. The maximum atomic E-state index is 2.55. The fourth-order valence-corrected chi connectivity index (χ4v) is 16.2. The van der Waals surface area contributed by atoms with Crippen molar-refractivity contribution in [1.82, 2.24) is 0 Å². The summed E-state index contributed by atoms with van der Waals surface area (Å²) in [6.45, 7) is 2.36. The van der Waals surface area contributed by atoms with E-state index in [1.165, 1.54) is 21.7 Å². The predicted octanol–water partition coefficient (Wildman–Crippen LogP) is 7.46. The molecule has 6 rings (SSSR count). The fourth-order valence-electron chi connectivity index (χ4n) is 5.14. The second kappa shape index (κ2) is 9.13. The van der Waals surface area contributed by atoms with Crippen LogP contribution in [0.25, 0.3) is 12.2 Å². The van der Waals surface area contributed by atoms with Crippen LogP contribution in [0.3, 0.4) is 0 Å². The molecule has 0 bridgehead atoms. The third-order valence-electron chi connectivity index (χ3n) is 6.67. The molecule has 4 aromatic rings. The predicted molar refractivity (Wildman–Crippen MR) is 139 cm³/mol. The first-order valence-electron chi connectivity index (χ1n) is 11.5. The Hall–Kier alpha value is -2.34. The van der Waals surface area contributed by atoms with Crippen molar-refractivity contribution in [3.05, 3.63) is 142 Å². The van der Waals surface area contributed by atoms with Gasteiger partial charge in [-0.25, -0.2) is 0 Å². The molecule has 0 N–H and O–H groups in total. The van der Waals surface area contributed by atoms with Gasteiger partial charge in [0.1, 0.15) is 0 Å². The van der Waals surface area contributed by atoms with Crippen molar-refractivity contribution < 1.29 is 22.9 Å². The Balaban J connectivity index is 1.47. The zero-order chi connectivity index (χ0) is 22.2. The summed E-state index contributed by atoms with van der Waals surface area (Å²) in [6, 6.07) is 40.7. The molecule has 33 heavy (non-hydrogen) atoms. The molecule has 2 aliphatic carbocycles. The minimum absolute atomic E-state index is 0.549. The molecule has 0 spiro atoms. The van der Waals surface area contributed by atoms with Gasteiger partial charge in [-0.15, -0.1) is 0 Å². The Morgan fingerprint density at radius 3 is 1.64 bits per heavy atom. The van der Waals surface area contributed by atoms with Gasteiger partial charge in [0.2, 0.25) is 0 Å². The van der Waals surface area contributed by atoms with E-state index in [1.54, 1.807) is 22.0 Å². The third-order valence-corrected chi connectivity index (χ3v) is 17.5. The molecule has 2 heteroatoms. The molecule has 0 fully saturated rings. The summed E-state index contributed by atoms with van der Waals surface area (Å²) in [5.74, 6) is 0. The molecule has 0 aliphatic heterocycles. The van der Waals surface area contributed by atoms with E-state index in [4.69, 9.17) is 0 Å². The zero-order valence-electron chi connectivity index (χ0n) is 18.6. The van der Waals surface area contributed by atoms with Crippen LogP contribution in [0, 0.1) is 0 Å². The van der Waals surface area contributed by atoms with Gasteiger partial charge in [0, 0.05) is 0 Å². The van der Waals surface area contributed by atoms with Crippen LogP contribution in [-0.2, 0) is 22.9 Å². The number of hydrogen-bond acceptors (Lipinski definition) is 0. The standard InChI is InChI=1S/C21H16P.C10H9.Hf/c1-3-11-19(12-4-1)22(20-13-5-2-6-14-20)21-15-17-9-7-8-10-18(17)16-21;1-8-6-9-4-2-3-5-10(9)7-8;/h1-16H;2-7H,1H3;. The first-order chi connectivity index (χ1) is 16.3. The summed E-state index contributed by atoms with van der Waals surface area (Å²) in [7, 11) is -0.549. The van der Waals surface area contributed by atoms with Gasteiger partial charge in [-0.1, -0.05) is 0 Å². The van der Waals surface area contributed by atoms with Gasteiger partial charge in [0.05, 0.1) is 0 Å². The topological polar surface area (TPSA) is 0 Å². The summed E-state index contributed by atoms with van der Waals surface area (Å²) in [5.41, 5.74) is 7.61. The van der Waals surface area contributed by atoms with E-state index in [1.807, 2.05) is 0 Å². The minimum atomic E-state index is -1.18. The Labute approximate surface area is 209 Å². The van der Waals surface area contributed by atoms with Crippen molar-refractivity contribution in [2.24, 2.45) is 0 Å².